The molecule has 5 heteroatoms. The van der Waals surface area contributed by atoms with E-state index < -0.39 is 5.97 Å². The summed E-state index contributed by atoms with van der Waals surface area (Å²) in [7, 11) is 0. The molecule has 0 aliphatic carbocycles. The summed E-state index contributed by atoms with van der Waals surface area (Å²) in [5.74, 6) is -0.520. The van der Waals surface area contributed by atoms with Crippen molar-refractivity contribution in [2.24, 2.45) is 5.92 Å². The zero-order valence-corrected chi connectivity index (χ0v) is 15.9. The summed E-state index contributed by atoms with van der Waals surface area (Å²) in [6.07, 6.45) is 0.743. The molecule has 27 heavy (non-hydrogen) atoms. The van der Waals surface area contributed by atoms with Crippen LogP contribution in [-0.4, -0.2) is 30.1 Å². The van der Waals surface area contributed by atoms with Crippen molar-refractivity contribution in [2.75, 3.05) is 18.1 Å². The highest BCUT2D eigenvalue weighted by molar-refractivity contribution is 5.97. The lowest BCUT2D eigenvalue weighted by Gasteiger charge is -2.22. The number of carbonyl (C=O) groups is 2. The van der Waals surface area contributed by atoms with E-state index in [2.05, 4.69) is 32.9 Å². The monoisotopic (exact) mass is 367 g/mol. The van der Waals surface area contributed by atoms with Crippen molar-refractivity contribution in [3.63, 3.8) is 0 Å². The Labute approximate surface area is 159 Å². The molecule has 5 nitrogen and oxygen atoms in total. The molecule has 0 spiro atoms. The number of carbonyl (C=O) groups excluding carboxylic acids is 1. The highest BCUT2D eigenvalue weighted by Gasteiger charge is 2.33. The van der Waals surface area contributed by atoms with Gasteiger partial charge < -0.3 is 14.7 Å². The van der Waals surface area contributed by atoms with Crippen LogP contribution < -0.4 is 9.64 Å². The van der Waals surface area contributed by atoms with Gasteiger partial charge in [0.2, 0.25) is 5.91 Å². The maximum Gasteiger partial charge on any atom is 0.335 e. The van der Waals surface area contributed by atoms with Gasteiger partial charge in [0.25, 0.3) is 0 Å². The zero-order valence-electron chi connectivity index (χ0n) is 15.9. The number of hydrogen-bond donors (Lipinski definition) is 1. The number of aromatic carboxylic acids is 1. The van der Waals surface area contributed by atoms with Gasteiger partial charge in [-0.1, -0.05) is 32.9 Å². The average molecular weight is 367 g/mol. The Bertz CT molecular complexity index is 819. The van der Waals surface area contributed by atoms with Crippen LogP contribution in [-0.2, 0) is 10.2 Å². The Morgan fingerprint density at radius 3 is 2.30 bits per heavy atom. The van der Waals surface area contributed by atoms with Crippen LogP contribution in [0.4, 0.5) is 5.69 Å². The third kappa shape index (κ3) is 4.30. The summed E-state index contributed by atoms with van der Waals surface area (Å²) in [4.78, 5) is 25.4. The predicted molar refractivity (Wildman–Crippen MR) is 104 cm³/mol. The number of rotatable bonds is 5. The van der Waals surface area contributed by atoms with E-state index in [0.717, 1.165) is 12.1 Å². The van der Waals surface area contributed by atoms with Crippen molar-refractivity contribution >= 4 is 17.6 Å². The van der Waals surface area contributed by atoms with E-state index >= 15 is 0 Å². The van der Waals surface area contributed by atoms with Gasteiger partial charge in [0.05, 0.1) is 18.1 Å². The standard InChI is InChI=1S/C22H25NO4/c1-22(2,3)17-6-8-18(9-7-17)23-13-12-16(20(23)24)14-27-19-10-4-15(5-11-19)21(25)26/h4-11,16H,12-14H2,1-3H3,(H,25,26). The molecule has 1 aliphatic rings. The molecule has 1 aliphatic heterocycles. The molecule has 0 saturated carbocycles. The first-order valence-electron chi connectivity index (χ1n) is 9.14. The van der Waals surface area contributed by atoms with E-state index in [1.165, 1.54) is 17.7 Å². The largest absolute Gasteiger partial charge is 0.493 e. The number of benzene rings is 2. The van der Waals surface area contributed by atoms with Crippen LogP contribution in [0.15, 0.2) is 48.5 Å². The first-order chi connectivity index (χ1) is 12.8. The lowest BCUT2D eigenvalue weighted by atomic mass is 9.87. The topological polar surface area (TPSA) is 66.8 Å². The average Bonchev–Trinajstić information content (AvgIpc) is 3.00. The molecule has 2 aromatic rings. The number of hydrogen-bond acceptors (Lipinski definition) is 3. The lowest BCUT2D eigenvalue weighted by molar-refractivity contribution is -0.121. The van der Waals surface area contributed by atoms with Gasteiger partial charge in [-0.25, -0.2) is 4.79 Å². The summed E-state index contributed by atoms with van der Waals surface area (Å²) in [6, 6.07) is 14.4. The van der Waals surface area contributed by atoms with Crippen LogP contribution in [0.2, 0.25) is 0 Å². The number of carboxylic acid groups (broad SMARTS) is 1. The van der Waals surface area contributed by atoms with Gasteiger partial charge in [0.1, 0.15) is 5.75 Å². The minimum atomic E-state index is -0.972. The summed E-state index contributed by atoms with van der Waals surface area (Å²) in [6.45, 7) is 7.47. The Kier molecular flexibility index (Phi) is 5.22. The lowest BCUT2D eigenvalue weighted by Crippen LogP contribution is -2.29. The molecular formula is C22H25NO4. The number of amides is 1. The molecule has 0 bridgehead atoms. The molecule has 1 N–H and O–H groups in total. The van der Waals surface area contributed by atoms with E-state index in [9.17, 15) is 9.59 Å². The minimum absolute atomic E-state index is 0.0701. The highest BCUT2D eigenvalue weighted by atomic mass is 16.5. The third-order valence-electron chi connectivity index (χ3n) is 4.91. The Hall–Kier alpha value is -2.82. The minimum Gasteiger partial charge on any atom is -0.493 e. The van der Waals surface area contributed by atoms with Crippen LogP contribution in [0, 0.1) is 5.92 Å². The molecule has 142 valence electrons. The van der Waals surface area contributed by atoms with E-state index in [1.54, 1.807) is 12.1 Å². The fourth-order valence-corrected chi connectivity index (χ4v) is 3.18. The first-order valence-corrected chi connectivity index (χ1v) is 9.14. The van der Waals surface area contributed by atoms with Crippen molar-refractivity contribution in [2.45, 2.75) is 32.6 Å². The molecule has 1 heterocycles. The highest BCUT2D eigenvalue weighted by Crippen LogP contribution is 2.29. The van der Waals surface area contributed by atoms with Gasteiger partial charge in [-0.15, -0.1) is 0 Å². The van der Waals surface area contributed by atoms with Gasteiger partial charge >= 0.3 is 5.97 Å². The summed E-state index contributed by atoms with van der Waals surface area (Å²) in [5.41, 5.74) is 2.45. The van der Waals surface area contributed by atoms with Crippen LogP contribution in [0.5, 0.6) is 5.75 Å². The van der Waals surface area contributed by atoms with Gasteiger partial charge in [-0.2, -0.15) is 0 Å². The van der Waals surface area contributed by atoms with E-state index in [-0.39, 0.29) is 22.8 Å². The van der Waals surface area contributed by atoms with E-state index in [4.69, 9.17) is 9.84 Å². The van der Waals surface area contributed by atoms with Crippen LogP contribution in [0.3, 0.4) is 0 Å². The maximum absolute atomic E-state index is 12.7. The van der Waals surface area contributed by atoms with Crippen molar-refractivity contribution in [1.82, 2.24) is 0 Å². The van der Waals surface area contributed by atoms with Crippen molar-refractivity contribution < 1.29 is 19.4 Å². The molecule has 1 fully saturated rings. The number of carboxylic acids is 1. The summed E-state index contributed by atoms with van der Waals surface area (Å²) < 4.78 is 5.70. The second-order valence-electron chi connectivity index (χ2n) is 7.91. The molecule has 1 saturated heterocycles. The molecule has 0 aromatic heterocycles. The van der Waals surface area contributed by atoms with Gasteiger partial charge in [0, 0.05) is 12.2 Å². The van der Waals surface area contributed by atoms with Crippen LogP contribution in [0.25, 0.3) is 0 Å². The molecule has 2 aromatic carbocycles. The predicted octanol–water partition coefficient (Wildman–Crippen LogP) is 4.11. The van der Waals surface area contributed by atoms with E-state index in [0.29, 0.717) is 18.9 Å². The first kappa shape index (κ1) is 19.0. The summed E-state index contributed by atoms with van der Waals surface area (Å²) >= 11 is 0. The molecule has 1 unspecified atom stereocenters. The number of nitrogens with zero attached hydrogens (tertiary/aromatic N) is 1. The second-order valence-corrected chi connectivity index (χ2v) is 7.91. The summed E-state index contributed by atoms with van der Waals surface area (Å²) in [5, 5.41) is 8.92. The van der Waals surface area contributed by atoms with Gasteiger partial charge in [0.15, 0.2) is 0 Å². The van der Waals surface area contributed by atoms with Crippen molar-refractivity contribution in [3.8, 4) is 5.75 Å². The molecule has 1 amide bonds. The van der Waals surface area contributed by atoms with Crippen molar-refractivity contribution in [3.05, 3.63) is 59.7 Å². The van der Waals surface area contributed by atoms with Gasteiger partial charge in [-0.05, 0) is 53.8 Å². The molecule has 3 rings (SSSR count). The smallest absolute Gasteiger partial charge is 0.335 e. The molecular weight excluding hydrogens is 342 g/mol. The van der Waals surface area contributed by atoms with E-state index in [1.807, 2.05) is 17.0 Å². The fourth-order valence-electron chi connectivity index (χ4n) is 3.18. The fraction of sp³-hybridized carbons (Fsp3) is 0.364. The van der Waals surface area contributed by atoms with Crippen LogP contribution in [0.1, 0.15) is 43.1 Å². The SMILES string of the molecule is CC(C)(C)c1ccc(N2CCC(COc3ccc(C(=O)O)cc3)C2=O)cc1. The Morgan fingerprint density at radius 2 is 1.74 bits per heavy atom. The zero-order chi connectivity index (χ0) is 19.6. The number of ether oxygens (including phenoxy) is 1. The maximum atomic E-state index is 12.7. The Morgan fingerprint density at radius 1 is 1.11 bits per heavy atom. The quantitative estimate of drug-likeness (QED) is 0.863. The van der Waals surface area contributed by atoms with Crippen molar-refractivity contribution in [1.29, 1.82) is 0 Å². The van der Waals surface area contributed by atoms with Crippen LogP contribution >= 0.6 is 0 Å². The Balaban J connectivity index is 1.60. The molecule has 0 radical (unpaired) electrons. The third-order valence-corrected chi connectivity index (χ3v) is 4.91. The second kappa shape index (κ2) is 7.43. The van der Waals surface area contributed by atoms with Gasteiger partial charge in [-0.3, -0.25) is 4.79 Å². The number of anilines is 1. The molecule has 1 atom stereocenters. The normalized spacial score (nSPS) is 17.2.